The van der Waals surface area contributed by atoms with Gasteiger partial charge in [-0.1, -0.05) is 6.07 Å². The Labute approximate surface area is 126 Å². The van der Waals surface area contributed by atoms with E-state index in [1.54, 1.807) is 6.33 Å². The summed E-state index contributed by atoms with van der Waals surface area (Å²) in [6.07, 6.45) is 6.81. The average Bonchev–Trinajstić information content (AvgIpc) is 2.41. The molecule has 1 aliphatic rings. The Bertz CT molecular complexity index is 600. The molecule has 0 radical (unpaired) electrons. The van der Waals surface area contributed by atoms with Crippen molar-refractivity contribution in [2.45, 2.75) is 25.3 Å². The van der Waals surface area contributed by atoms with Crippen molar-refractivity contribution in [1.82, 2.24) is 9.97 Å². The highest BCUT2D eigenvalue weighted by atomic mass is 127. The molecule has 1 unspecified atom stereocenters. The van der Waals surface area contributed by atoms with Crippen LogP contribution in [-0.4, -0.2) is 9.97 Å². The standard InChI is InChI=1S/C14H15IN4/c15-12-7-17-8-18-14(12)19-13-3-1-2-9-6-10(16)4-5-11(9)13/h4-8,13H,1-3,16H2,(H,17,18,19). The van der Waals surface area contributed by atoms with Gasteiger partial charge in [0.25, 0.3) is 0 Å². The first-order valence-corrected chi connectivity index (χ1v) is 7.42. The third-order valence-electron chi connectivity index (χ3n) is 3.46. The van der Waals surface area contributed by atoms with Gasteiger partial charge in [-0.25, -0.2) is 9.97 Å². The fraction of sp³-hybridized carbons (Fsp3) is 0.286. The normalized spacial score (nSPS) is 17.8. The maximum atomic E-state index is 5.86. The van der Waals surface area contributed by atoms with Crippen LogP contribution in [0.4, 0.5) is 11.5 Å². The number of hydrogen-bond donors (Lipinski definition) is 2. The Morgan fingerprint density at radius 3 is 3.11 bits per heavy atom. The summed E-state index contributed by atoms with van der Waals surface area (Å²) in [5.74, 6) is 0.908. The predicted octanol–water partition coefficient (Wildman–Crippen LogP) is 3.15. The van der Waals surface area contributed by atoms with Crippen LogP contribution in [0.3, 0.4) is 0 Å². The predicted molar refractivity (Wildman–Crippen MR) is 84.9 cm³/mol. The maximum absolute atomic E-state index is 5.86. The number of anilines is 2. The molecule has 0 fully saturated rings. The van der Waals surface area contributed by atoms with E-state index in [1.807, 2.05) is 12.3 Å². The molecule has 0 saturated carbocycles. The van der Waals surface area contributed by atoms with E-state index in [-0.39, 0.29) is 0 Å². The lowest BCUT2D eigenvalue weighted by molar-refractivity contribution is 0.598. The molecule has 1 aromatic heterocycles. The van der Waals surface area contributed by atoms with Crippen molar-refractivity contribution in [3.63, 3.8) is 0 Å². The Hall–Kier alpha value is -1.37. The van der Waals surface area contributed by atoms with Crippen molar-refractivity contribution in [2.75, 3.05) is 11.1 Å². The van der Waals surface area contributed by atoms with Crippen molar-refractivity contribution < 1.29 is 0 Å². The number of halogens is 1. The van der Waals surface area contributed by atoms with Gasteiger partial charge in [-0.2, -0.15) is 0 Å². The van der Waals surface area contributed by atoms with E-state index in [9.17, 15) is 0 Å². The van der Waals surface area contributed by atoms with E-state index in [2.05, 4.69) is 50.0 Å². The van der Waals surface area contributed by atoms with E-state index < -0.39 is 0 Å². The van der Waals surface area contributed by atoms with Crippen LogP contribution in [0.5, 0.6) is 0 Å². The molecule has 0 amide bonds. The summed E-state index contributed by atoms with van der Waals surface area (Å²) >= 11 is 2.25. The number of rotatable bonds is 2. The first-order valence-electron chi connectivity index (χ1n) is 6.34. The van der Waals surface area contributed by atoms with E-state index in [0.29, 0.717) is 6.04 Å². The molecule has 0 aliphatic heterocycles. The first-order chi connectivity index (χ1) is 9.24. The van der Waals surface area contributed by atoms with Crippen molar-refractivity contribution in [3.05, 3.63) is 45.4 Å². The Balaban J connectivity index is 1.90. The molecule has 1 aromatic carbocycles. The molecule has 0 saturated heterocycles. The zero-order chi connectivity index (χ0) is 13.2. The van der Waals surface area contributed by atoms with Crippen LogP contribution < -0.4 is 11.1 Å². The second-order valence-electron chi connectivity index (χ2n) is 4.77. The fourth-order valence-electron chi connectivity index (χ4n) is 2.57. The van der Waals surface area contributed by atoms with Crippen LogP contribution in [0.1, 0.15) is 30.0 Å². The Morgan fingerprint density at radius 1 is 1.37 bits per heavy atom. The SMILES string of the molecule is Nc1ccc2c(c1)CCCC2Nc1ncncc1I. The monoisotopic (exact) mass is 366 g/mol. The van der Waals surface area contributed by atoms with Crippen molar-refractivity contribution in [3.8, 4) is 0 Å². The van der Waals surface area contributed by atoms with Crippen LogP contribution in [0, 0.1) is 3.57 Å². The fourth-order valence-corrected chi connectivity index (χ4v) is 3.02. The van der Waals surface area contributed by atoms with Crippen LogP contribution in [0.2, 0.25) is 0 Å². The maximum Gasteiger partial charge on any atom is 0.143 e. The molecular weight excluding hydrogens is 351 g/mol. The van der Waals surface area contributed by atoms with Gasteiger partial charge in [0, 0.05) is 11.9 Å². The van der Waals surface area contributed by atoms with Gasteiger partial charge in [-0.3, -0.25) is 0 Å². The molecule has 1 heterocycles. The molecule has 5 heteroatoms. The third kappa shape index (κ3) is 2.65. The number of aromatic nitrogens is 2. The van der Waals surface area contributed by atoms with Gasteiger partial charge in [0.15, 0.2) is 0 Å². The first kappa shape index (κ1) is 12.7. The number of nitrogens with two attached hydrogens (primary N) is 1. The van der Waals surface area contributed by atoms with Crippen LogP contribution in [-0.2, 0) is 6.42 Å². The number of fused-ring (bicyclic) bond motifs is 1. The number of nitrogen functional groups attached to an aromatic ring is 1. The van der Waals surface area contributed by atoms with E-state index in [1.165, 1.54) is 17.5 Å². The third-order valence-corrected chi connectivity index (χ3v) is 4.25. The average molecular weight is 366 g/mol. The van der Waals surface area contributed by atoms with Crippen LogP contribution in [0.15, 0.2) is 30.7 Å². The molecule has 19 heavy (non-hydrogen) atoms. The number of benzene rings is 1. The van der Waals surface area contributed by atoms with E-state index >= 15 is 0 Å². The Morgan fingerprint density at radius 2 is 2.26 bits per heavy atom. The lowest BCUT2D eigenvalue weighted by Crippen LogP contribution is -2.18. The molecule has 3 rings (SSSR count). The van der Waals surface area contributed by atoms with Gasteiger partial charge >= 0.3 is 0 Å². The topological polar surface area (TPSA) is 63.8 Å². The van der Waals surface area contributed by atoms with Gasteiger partial charge in [0.2, 0.25) is 0 Å². The highest BCUT2D eigenvalue weighted by molar-refractivity contribution is 14.1. The minimum Gasteiger partial charge on any atom is -0.399 e. The lowest BCUT2D eigenvalue weighted by atomic mass is 9.87. The second-order valence-corrected chi connectivity index (χ2v) is 5.93. The minimum atomic E-state index is 0.313. The van der Waals surface area contributed by atoms with Gasteiger partial charge in [-0.05, 0) is 65.1 Å². The molecule has 2 aromatic rings. The lowest BCUT2D eigenvalue weighted by Gasteiger charge is -2.27. The van der Waals surface area contributed by atoms with Crippen LogP contribution >= 0.6 is 22.6 Å². The van der Waals surface area contributed by atoms with Gasteiger partial charge in [-0.15, -0.1) is 0 Å². The van der Waals surface area contributed by atoms with Crippen LogP contribution in [0.25, 0.3) is 0 Å². The van der Waals surface area contributed by atoms with E-state index in [4.69, 9.17) is 5.73 Å². The second kappa shape index (κ2) is 5.32. The number of nitrogens with one attached hydrogen (secondary N) is 1. The summed E-state index contributed by atoms with van der Waals surface area (Å²) < 4.78 is 1.04. The minimum absolute atomic E-state index is 0.313. The summed E-state index contributed by atoms with van der Waals surface area (Å²) in [5, 5.41) is 3.53. The quantitative estimate of drug-likeness (QED) is 0.633. The van der Waals surface area contributed by atoms with E-state index in [0.717, 1.165) is 27.9 Å². The smallest absolute Gasteiger partial charge is 0.143 e. The summed E-state index contributed by atoms with van der Waals surface area (Å²) in [6.45, 7) is 0. The molecule has 3 N–H and O–H groups in total. The molecule has 0 bridgehead atoms. The molecule has 4 nitrogen and oxygen atoms in total. The van der Waals surface area contributed by atoms with Crippen molar-refractivity contribution in [1.29, 1.82) is 0 Å². The summed E-state index contributed by atoms with van der Waals surface area (Å²) in [5.41, 5.74) is 9.40. The highest BCUT2D eigenvalue weighted by Crippen LogP contribution is 2.33. The zero-order valence-electron chi connectivity index (χ0n) is 10.4. The summed E-state index contributed by atoms with van der Waals surface area (Å²) in [7, 11) is 0. The van der Waals surface area contributed by atoms with Gasteiger partial charge in [0.05, 0.1) is 9.61 Å². The molecule has 1 atom stereocenters. The Kier molecular flexibility index (Phi) is 3.54. The van der Waals surface area contributed by atoms with Crippen molar-refractivity contribution >= 4 is 34.1 Å². The molecule has 0 spiro atoms. The summed E-state index contributed by atoms with van der Waals surface area (Å²) in [4.78, 5) is 8.33. The van der Waals surface area contributed by atoms with Crippen molar-refractivity contribution in [2.24, 2.45) is 0 Å². The molecule has 1 aliphatic carbocycles. The number of nitrogens with zero attached hydrogens (tertiary/aromatic N) is 2. The number of hydrogen-bond acceptors (Lipinski definition) is 4. The molecular formula is C14H15IN4. The summed E-state index contributed by atoms with van der Waals surface area (Å²) in [6, 6.07) is 6.51. The van der Waals surface area contributed by atoms with Gasteiger partial charge in [0.1, 0.15) is 12.1 Å². The molecule has 98 valence electrons. The largest absolute Gasteiger partial charge is 0.399 e. The number of aryl methyl sites for hydroxylation is 1. The zero-order valence-corrected chi connectivity index (χ0v) is 12.6. The van der Waals surface area contributed by atoms with Gasteiger partial charge < -0.3 is 11.1 Å². The highest BCUT2D eigenvalue weighted by Gasteiger charge is 2.21.